The van der Waals surface area contributed by atoms with Crippen molar-refractivity contribution in [3.63, 3.8) is 0 Å². The maximum atomic E-state index is 11.8. The van der Waals surface area contributed by atoms with Gasteiger partial charge >= 0.3 is 0 Å². The first kappa shape index (κ1) is 20.8. The Morgan fingerprint density at radius 1 is 1.13 bits per heavy atom. The highest BCUT2D eigenvalue weighted by Gasteiger charge is 2.26. The van der Waals surface area contributed by atoms with E-state index in [1.54, 1.807) is 27.0 Å². The molecule has 0 radical (unpaired) electrons. The fourth-order valence-electron chi connectivity index (χ4n) is 3.45. The van der Waals surface area contributed by atoms with E-state index in [-0.39, 0.29) is 5.78 Å². The quantitative estimate of drug-likeness (QED) is 0.385. The summed E-state index contributed by atoms with van der Waals surface area (Å²) >= 11 is 0. The number of fused-ring (bicyclic) bond motifs is 1. The Hall–Kier alpha value is -3.41. The highest BCUT2D eigenvalue weighted by molar-refractivity contribution is 5.88. The average molecular weight is 418 g/mol. The molecule has 0 atom stereocenters. The Balaban J connectivity index is 1.46. The van der Waals surface area contributed by atoms with Gasteiger partial charge in [-0.3, -0.25) is 9.48 Å². The van der Waals surface area contributed by atoms with Crippen molar-refractivity contribution < 1.29 is 13.9 Å². The second kappa shape index (κ2) is 8.38. The van der Waals surface area contributed by atoms with Crippen molar-refractivity contribution in [1.82, 2.24) is 14.8 Å². The summed E-state index contributed by atoms with van der Waals surface area (Å²) in [6, 6.07) is 15.8. The van der Waals surface area contributed by atoms with Crippen molar-refractivity contribution in [1.29, 1.82) is 0 Å². The van der Waals surface area contributed by atoms with Crippen LogP contribution in [0.5, 0.6) is 5.75 Å². The van der Waals surface area contributed by atoms with Crippen molar-refractivity contribution in [2.24, 2.45) is 0 Å². The van der Waals surface area contributed by atoms with Crippen molar-refractivity contribution in [2.75, 3.05) is 0 Å². The third-order valence-electron chi connectivity index (χ3n) is 5.56. The Bertz CT molecular complexity index is 1210. The number of nitrogens with zero attached hydrogens (tertiary/aromatic N) is 3. The zero-order valence-electron chi connectivity index (χ0n) is 18.4. The van der Waals surface area contributed by atoms with E-state index in [4.69, 9.17) is 9.15 Å². The van der Waals surface area contributed by atoms with Crippen LogP contribution in [0.25, 0.3) is 22.4 Å². The molecule has 6 nitrogen and oxygen atoms in total. The Kier molecular flexibility index (Phi) is 5.63. The van der Waals surface area contributed by atoms with Crippen LogP contribution in [0.15, 0.2) is 59.1 Å². The summed E-state index contributed by atoms with van der Waals surface area (Å²) in [5.74, 6) is 2.16. The minimum absolute atomic E-state index is 0.0188. The molecule has 6 heteroatoms. The first-order valence-corrected chi connectivity index (χ1v) is 10.5. The number of aryl methyl sites for hydroxylation is 3. The van der Waals surface area contributed by atoms with Gasteiger partial charge in [-0.25, -0.2) is 4.98 Å². The molecule has 0 amide bonds. The predicted molar refractivity (Wildman–Crippen MR) is 120 cm³/mol. The van der Waals surface area contributed by atoms with Crippen LogP contribution in [0.1, 0.15) is 38.6 Å². The molecule has 0 fully saturated rings. The summed E-state index contributed by atoms with van der Waals surface area (Å²) in [7, 11) is 0. The molecule has 0 aliphatic carbocycles. The molecule has 4 aromatic rings. The van der Waals surface area contributed by atoms with Gasteiger partial charge in [-0.05, 0) is 64.8 Å². The number of hydrogen-bond acceptors (Lipinski definition) is 5. The van der Waals surface area contributed by atoms with E-state index in [1.807, 2.05) is 60.1 Å². The molecule has 0 aliphatic rings. The van der Waals surface area contributed by atoms with Crippen LogP contribution in [0.3, 0.4) is 0 Å². The molecule has 0 unspecified atom stereocenters. The highest BCUT2D eigenvalue weighted by Crippen LogP contribution is 2.29. The van der Waals surface area contributed by atoms with Gasteiger partial charge < -0.3 is 9.15 Å². The van der Waals surface area contributed by atoms with Gasteiger partial charge in [-0.1, -0.05) is 24.3 Å². The van der Waals surface area contributed by atoms with Gasteiger partial charge in [0.2, 0.25) is 5.89 Å². The van der Waals surface area contributed by atoms with E-state index < -0.39 is 5.60 Å². The topological polar surface area (TPSA) is 70.2 Å². The van der Waals surface area contributed by atoms with Crippen LogP contribution in [-0.2, 0) is 17.8 Å². The third-order valence-corrected chi connectivity index (χ3v) is 5.56. The molecular weight excluding hydrogens is 390 g/mol. The fourth-order valence-corrected chi connectivity index (χ4v) is 3.45. The Labute approximate surface area is 181 Å². The molecule has 0 aliphatic heterocycles. The number of ketones is 1. The van der Waals surface area contributed by atoms with Gasteiger partial charge in [-0.15, -0.1) is 0 Å². The van der Waals surface area contributed by atoms with Crippen molar-refractivity contribution >= 4 is 16.7 Å². The molecule has 0 N–H and O–H groups in total. The lowest BCUT2D eigenvalue weighted by Gasteiger charge is -2.23. The summed E-state index contributed by atoms with van der Waals surface area (Å²) in [5.41, 5.74) is 2.06. The minimum Gasteiger partial charge on any atom is -0.479 e. The zero-order chi connectivity index (χ0) is 22.0. The lowest BCUT2D eigenvalue weighted by atomic mass is 10.1. The molecule has 2 heterocycles. The summed E-state index contributed by atoms with van der Waals surface area (Å²) in [6.07, 6.45) is 3.48. The molecule has 0 spiro atoms. The molecule has 4 rings (SSSR count). The number of rotatable bonds is 8. The standard InChI is InChI=1S/C25H27N3O3/c1-17-21(27-24(30-17)19-10-6-5-7-11-19)12-9-15-28-22-13-8-14-23(20(22)16-26-28)31-25(3,4)18(2)29/h5-8,10-11,13-14,16H,9,12,15H2,1-4H3. The van der Waals surface area contributed by atoms with Gasteiger partial charge in [-0.2, -0.15) is 5.10 Å². The van der Waals surface area contributed by atoms with E-state index >= 15 is 0 Å². The Morgan fingerprint density at radius 2 is 1.90 bits per heavy atom. The summed E-state index contributed by atoms with van der Waals surface area (Å²) in [4.78, 5) is 16.5. The van der Waals surface area contributed by atoms with Gasteiger partial charge in [0.1, 0.15) is 11.5 Å². The maximum absolute atomic E-state index is 11.8. The summed E-state index contributed by atoms with van der Waals surface area (Å²) < 4.78 is 13.8. The summed E-state index contributed by atoms with van der Waals surface area (Å²) in [5, 5.41) is 5.45. The Morgan fingerprint density at radius 3 is 2.65 bits per heavy atom. The second-order valence-corrected chi connectivity index (χ2v) is 8.22. The van der Waals surface area contributed by atoms with Crippen molar-refractivity contribution in [3.05, 3.63) is 66.2 Å². The zero-order valence-corrected chi connectivity index (χ0v) is 18.4. The number of hydrogen-bond donors (Lipinski definition) is 0. The van der Waals surface area contributed by atoms with E-state index in [0.717, 1.165) is 47.3 Å². The number of aromatic nitrogens is 3. The summed E-state index contributed by atoms with van der Waals surface area (Å²) in [6.45, 7) is 7.80. The lowest BCUT2D eigenvalue weighted by Crippen LogP contribution is -2.36. The molecule has 2 aromatic heterocycles. The number of carbonyl (C=O) groups is 1. The first-order chi connectivity index (χ1) is 14.8. The molecule has 31 heavy (non-hydrogen) atoms. The van der Waals surface area contributed by atoms with Crippen molar-refractivity contribution in [3.8, 4) is 17.2 Å². The number of carbonyl (C=O) groups excluding carboxylic acids is 1. The van der Waals surface area contributed by atoms with E-state index in [0.29, 0.717) is 11.6 Å². The van der Waals surface area contributed by atoms with E-state index in [1.165, 1.54) is 0 Å². The molecule has 0 saturated carbocycles. The van der Waals surface area contributed by atoms with Gasteiger partial charge in [0.15, 0.2) is 11.4 Å². The van der Waals surface area contributed by atoms with Crippen molar-refractivity contribution in [2.45, 2.75) is 52.7 Å². The van der Waals surface area contributed by atoms with E-state index in [9.17, 15) is 4.79 Å². The number of ether oxygens (including phenoxy) is 1. The fraction of sp³-hybridized carbons (Fsp3) is 0.320. The van der Waals surface area contributed by atoms with Crippen LogP contribution in [0, 0.1) is 6.92 Å². The number of oxazole rings is 1. The minimum atomic E-state index is -0.878. The van der Waals surface area contributed by atoms with Gasteiger partial charge in [0.05, 0.1) is 22.8 Å². The van der Waals surface area contributed by atoms with Gasteiger partial charge in [0, 0.05) is 12.1 Å². The van der Waals surface area contributed by atoms with Crippen LogP contribution in [0.4, 0.5) is 0 Å². The maximum Gasteiger partial charge on any atom is 0.226 e. The third kappa shape index (κ3) is 4.38. The molecule has 0 bridgehead atoms. The highest BCUT2D eigenvalue weighted by atomic mass is 16.5. The van der Waals surface area contributed by atoms with E-state index in [2.05, 4.69) is 10.1 Å². The largest absolute Gasteiger partial charge is 0.479 e. The number of Topliss-reactive ketones (excluding diaryl/α,β-unsaturated/α-hetero) is 1. The molecule has 0 saturated heterocycles. The smallest absolute Gasteiger partial charge is 0.226 e. The normalized spacial score (nSPS) is 11.7. The van der Waals surface area contributed by atoms with Crippen LogP contribution in [0.2, 0.25) is 0 Å². The van der Waals surface area contributed by atoms with Crippen LogP contribution in [-0.4, -0.2) is 26.1 Å². The monoisotopic (exact) mass is 417 g/mol. The molecular formula is C25H27N3O3. The number of benzene rings is 2. The first-order valence-electron chi connectivity index (χ1n) is 10.5. The molecule has 160 valence electrons. The second-order valence-electron chi connectivity index (χ2n) is 8.22. The SMILES string of the molecule is CC(=O)C(C)(C)Oc1cccc2c1cnn2CCCc1nc(-c2ccccc2)oc1C. The van der Waals surface area contributed by atoms with Gasteiger partial charge in [0.25, 0.3) is 0 Å². The predicted octanol–water partition coefficient (Wildman–Crippen LogP) is 5.38. The van der Waals surface area contributed by atoms with Crippen LogP contribution >= 0.6 is 0 Å². The average Bonchev–Trinajstić information content (AvgIpc) is 3.33. The lowest BCUT2D eigenvalue weighted by molar-refractivity contribution is -0.129. The van der Waals surface area contributed by atoms with Crippen LogP contribution < -0.4 is 4.74 Å². The molecule has 2 aromatic carbocycles.